The van der Waals surface area contributed by atoms with E-state index in [-0.39, 0.29) is 17.9 Å². The molecule has 1 saturated heterocycles. The molecule has 5 nitrogen and oxygen atoms in total. The van der Waals surface area contributed by atoms with E-state index in [2.05, 4.69) is 5.32 Å². The first-order valence-electron chi connectivity index (χ1n) is 7.76. The summed E-state index contributed by atoms with van der Waals surface area (Å²) in [6.07, 6.45) is 1.32. The monoisotopic (exact) mass is 324 g/mol. The maximum atomic E-state index is 12.6. The van der Waals surface area contributed by atoms with Crippen molar-refractivity contribution in [1.29, 1.82) is 0 Å². The van der Waals surface area contributed by atoms with Crippen LogP contribution in [0.3, 0.4) is 0 Å². The number of hydrogen-bond acceptors (Lipinski definition) is 4. The molecule has 2 rings (SSSR count). The van der Waals surface area contributed by atoms with Gasteiger partial charge in [0.15, 0.2) is 0 Å². The smallest absolute Gasteiger partial charge is 0.225 e. The SMILES string of the molecule is CCN(C[C@H]1CCOC1)C(=O)C[C@@H](NC(C)=O)c1cccs1. The Balaban J connectivity index is 1.97. The molecule has 0 unspecified atom stereocenters. The summed E-state index contributed by atoms with van der Waals surface area (Å²) in [6.45, 7) is 6.44. The van der Waals surface area contributed by atoms with Crippen LogP contribution in [0.5, 0.6) is 0 Å². The van der Waals surface area contributed by atoms with E-state index < -0.39 is 0 Å². The Hall–Kier alpha value is -1.40. The number of hydrogen-bond donors (Lipinski definition) is 1. The molecule has 2 atom stereocenters. The van der Waals surface area contributed by atoms with Crippen LogP contribution in [0.1, 0.15) is 37.6 Å². The molecule has 1 aromatic rings. The highest BCUT2D eigenvalue weighted by molar-refractivity contribution is 7.10. The average molecular weight is 324 g/mol. The summed E-state index contributed by atoms with van der Waals surface area (Å²) in [5.41, 5.74) is 0. The fourth-order valence-electron chi connectivity index (χ4n) is 2.71. The van der Waals surface area contributed by atoms with Crippen LogP contribution in [0.2, 0.25) is 0 Å². The third-order valence-corrected chi connectivity index (χ3v) is 4.87. The molecule has 0 saturated carbocycles. The van der Waals surface area contributed by atoms with E-state index >= 15 is 0 Å². The summed E-state index contributed by atoms with van der Waals surface area (Å²) in [5.74, 6) is 0.407. The minimum atomic E-state index is -0.237. The molecule has 1 aromatic heterocycles. The van der Waals surface area contributed by atoms with Gasteiger partial charge in [-0.1, -0.05) is 6.07 Å². The highest BCUT2D eigenvalue weighted by atomic mass is 32.1. The van der Waals surface area contributed by atoms with E-state index in [1.54, 1.807) is 11.3 Å². The van der Waals surface area contributed by atoms with Crippen molar-refractivity contribution < 1.29 is 14.3 Å². The number of nitrogens with zero attached hydrogens (tertiary/aromatic N) is 1. The Kier molecular flexibility index (Phi) is 6.39. The average Bonchev–Trinajstić information content (AvgIpc) is 3.16. The van der Waals surface area contributed by atoms with Gasteiger partial charge in [0.25, 0.3) is 0 Å². The maximum Gasteiger partial charge on any atom is 0.225 e. The molecule has 22 heavy (non-hydrogen) atoms. The third kappa shape index (κ3) is 4.81. The molecule has 1 aliphatic heterocycles. The van der Waals surface area contributed by atoms with Crippen molar-refractivity contribution in [3.05, 3.63) is 22.4 Å². The van der Waals surface area contributed by atoms with Crippen molar-refractivity contribution in [2.45, 2.75) is 32.7 Å². The molecule has 122 valence electrons. The largest absolute Gasteiger partial charge is 0.381 e. The predicted molar refractivity (Wildman–Crippen MR) is 86.7 cm³/mol. The molecule has 2 amide bonds. The summed E-state index contributed by atoms with van der Waals surface area (Å²) < 4.78 is 5.38. The number of rotatable bonds is 7. The second-order valence-electron chi connectivity index (χ2n) is 5.63. The number of thiophene rings is 1. The molecular weight excluding hydrogens is 300 g/mol. The van der Waals surface area contributed by atoms with Gasteiger partial charge in [-0.05, 0) is 24.8 Å². The summed E-state index contributed by atoms with van der Waals surface area (Å²) >= 11 is 1.56. The topological polar surface area (TPSA) is 58.6 Å². The molecule has 0 aromatic carbocycles. The zero-order valence-corrected chi connectivity index (χ0v) is 14.0. The molecule has 1 N–H and O–H groups in total. The zero-order valence-electron chi connectivity index (χ0n) is 13.2. The predicted octanol–water partition coefficient (Wildman–Crippen LogP) is 2.20. The Morgan fingerprint density at radius 1 is 1.55 bits per heavy atom. The van der Waals surface area contributed by atoms with Gasteiger partial charge in [0.1, 0.15) is 0 Å². The summed E-state index contributed by atoms with van der Waals surface area (Å²) in [4.78, 5) is 26.9. The van der Waals surface area contributed by atoms with Gasteiger partial charge in [-0.25, -0.2) is 0 Å². The van der Waals surface area contributed by atoms with Crippen LogP contribution < -0.4 is 5.32 Å². The van der Waals surface area contributed by atoms with Crippen molar-refractivity contribution in [3.8, 4) is 0 Å². The third-order valence-electron chi connectivity index (χ3n) is 3.88. The van der Waals surface area contributed by atoms with Crippen LogP contribution in [0, 0.1) is 5.92 Å². The lowest BCUT2D eigenvalue weighted by Gasteiger charge is -2.26. The summed E-state index contributed by atoms with van der Waals surface area (Å²) in [6, 6.07) is 3.66. The molecule has 0 radical (unpaired) electrons. The Morgan fingerprint density at radius 2 is 2.36 bits per heavy atom. The van der Waals surface area contributed by atoms with Gasteiger partial charge in [0.05, 0.1) is 19.1 Å². The summed E-state index contributed by atoms with van der Waals surface area (Å²) in [5, 5.41) is 4.85. The van der Waals surface area contributed by atoms with Crippen LogP contribution in [0.4, 0.5) is 0 Å². The van der Waals surface area contributed by atoms with Crippen molar-refractivity contribution in [3.63, 3.8) is 0 Å². The van der Waals surface area contributed by atoms with Gasteiger partial charge in [-0.2, -0.15) is 0 Å². The van der Waals surface area contributed by atoms with Crippen LogP contribution >= 0.6 is 11.3 Å². The first-order chi connectivity index (χ1) is 10.6. The lowest BCUT2D eigenvalue weighted by Crippen LogP contribution is -2.38. The highest BCUT2D eigenvalue weighted by Crippen LogP contribution is 2.23. The Bertz CT molecular complexity index is 484. The number of carbonyl (C=O) groups excluding carboxylic acids is 2. The molecule has 1 fully saturated rings. The van der Waals surface area contributed by atoms with E-state index in [1.807, 2.05) is 29.3 Å². The lowest BCUT2D eigenvalue weighted by atomic mass is 10.1. The molecule has 0 spiro atoms. The molecular formula is C16H24N2O3S. The highest BCUT2D eigenvalue weighted by Gasteiger charge is 2.25. The fraction of sp³-hybridized carbons (Fsp3) is 0.625. The normalized spacial score (nSPS) is 18.9. The van der Waals surface area contributed by atoms with Crippen LogP contribution in [-0.4, -0.2) is 43.0 Å². The minimum absolute atomic E-state index is 0.0848. The van der Waals surface area contributed by atoms with Gasteiger partial charge in [-0.3, -0.25) is 9.59 Å². The number of amides is 2. The second-order valence-corrected chi connectivity index (χ2v) is 6.61. The molecule has 0 aliphatic carbocycles. The quantitative estimate of drug-likeness (QED) is 0.836. The van der Waals surface area contributed by atoms with Gasteiger partial charge < -0.3 is 15.0 Å². The second kappa shape index (κ2) is 8.29. The maximum absolute atomic E-state index is 12.6. The number of nitrogens with one attached hydrogen (secondary N) is 1. The van der Waals surface area contributed by atoms with E-state index in [4.69, 9.17) is 4.74 Å². The zero-order chi connectivity index (χ0) is 15.9. The minimum Gasteiger partial charge on any atom is -0.381 e. The molecule has 2 heterocycles. The number of ether oxygens (including phenoxy) is 1. The standard InChI is InChI=1S/C16H24N2O3S/c1-3-18(10-13-6-7-21-11-13)16(20)9-14(17-12(2)19)15-5-4-8-22-15/h4-5,8,13-14H,3,6-7,9-11H2,1-2H3,(H,17,19)/t13-,14-/m1/s1. The van der Waals surface area contributed by atoms with Crippen molar-refractivity contribution in [1.82, 2.24) is 10.2 Å². The molecule has 0 bridgehead atoms. The van der Waals surface area contributed by atoms with Gasteiger partial charge >= 0.3 is 0 Å². The Labute approximate surface area is 135 Å². The number of carbonyl (C=O) groups is 2. The van der Waals surface area contributed by atoms with E-state index in [0.717, 1.165) is 31.1 Å². The van der Waals surface area contributed by atoms with E-state index in [1.165, 1.54) is 6.92 Å². The molecule has 6 heteroatoms. The van der Waals surface area contributed by atoms with E-state index in [0.29, 0.717) is 18.9 Å². The van der Waals surface area contributed by atoms with Gasteiger partial charge in [0, 0.05) is 37.4 Å². The fourth-order valence-corrected chi connectivity index (χ4v) is 3.49. The van der Waals surface area contributed by atoms with Gasteiger partial charge in [0.2, 0.25) is 11.8 Å². The van der Waals surface area contributed by atoms with Crippen molar-refractivity contribution >= 4 is 23.2 Å². The van der Waals surface area contributed by atoms with Crippen molar-refractivity contribution in [2.24, 2.45) is 5.92 Å². The van der Waals surface area contributed by atoms with E-state index in [9.17, 15) is 9.59 Å². The van der Waals surface area contributed by atoms with Crippen LogP contribution in [-0.2, 0) is 14.3 Å². The van der Waals surface area contributed by atoms with Crippen LogP contribution in [0.15, 0.2) is 17.5 Å². The summed E-state index contributed by atoms with van der Waals surface area (Å²) in [7, 11) is 0. The Morgan fingerprint density at radius 3 is 2.91 bits per heavy atom. The van der Waals surface area contributed by atoms with Gasteiger partial charge in [-0.15, -0.1) is 11.3 Å². The van der Waals surface area contributed by atoms with Crippen LogP contribution in [0.25, 0.3) is 0 Å². The first kappa shape index (κ1) is 17.0. The van der Waals surface area contributed by atoms with Crippen molar-refractivity contribution in [2.75, 3.05) is 26.3 Å². The molecule has 1 aliphatic rings. The first-order valence-corrected chi connectivity index (χ1v) is 8.64. The lowest BCUT2D eigenvalue weighted by molar-refractivity contribution is -0.132.